The second-order valence-electron chi connectivity index (χ2n) is 7.72. The van der Waals surface area contributed by atoms with Gasteiger partial charge < -0.3 is 26.2 Å². The molecule has 0 saturated carbocycles. The molecule has 2 rings (SSSR count). The van der Waals surface area contributed by atoms with Crippen LogP contribution in [0.1, 0.15) is 31.4 Å². The number of amides is 3. The molecule has 0 aromatic heterocycles. The molecule has 3 amide bonds. The van der Waals surface area contributed by atoms with Gasteiger partial charge in [-0.2, -0.15) is 0 Å². The third-order valence-electron chi connectivity index (χ3n) is 4.56. The van der Waals surface area contributed by atoms with Crippen molar-refractivity contribution in [3.63, 3.8) is 0 Å². The van der Waals surface area contributed by atoms with Crippen molar-refractivity contribution in [3.05, 3.63) is 65.7 Å². The van der Waals surface area contributed by atoms with Crippen molar-refractivity contribution >= 4 is 17.9 Å². The fourth-order valence-electron chi connectivity index (χ4n) is 2.97. The Balaban J connectivity index is 1.99. The molecule has 8 heteroatoms. The number of primary amides is 1. The van der Waals surface area contributed by atoms with E-state index in [1.807, 2.05) is 44.2 Å². The summed E-state index contributed by atoms with van der Waals surface area (Å²) in [7, 11) is 0. The minimum atomic E-state index is -0.964. The van der Waals surface area contributed by atoms with Gasteiger partial charge in [0.25, 0.3) is 0 Å². The third kappa shape index (κ3) is 8.38. The molecule has 2 aromatic rings. The summed E-state index contributed by atoms with van der Waals surface area (Å²) < 4.78 is 5.20. The van der Waals surface area contributed by atoms with E-state index in [0.29, 0.717) is 6.42 Å². The van der Waals surface area contributed by atoms with E-state index in [1.54, 1.807) is 12.1 Å². The van der Waals surface area contributed by atoms with E-state index >= 15 is 0 Å². The maximum atomic E-state index is 12.8. The number of carbonyl (C=O) groups is 3. The summed E-state index contributed by atoms with van der Waals surface area (Å²) in [6, 6.07) is 13.6. The topological polar surface area (TPSA) is 131 Å². The van der Waals surface area contributed by atoms with Crippen molar-refractivity contribution in [2.45, 2.75) is 45.4 Å². The lowest BCUT2D eigenvalue weighted by molar-refractivity contribution is -0.128. The van der Waals surface area contributed by atoms with Crippen molar-refractivity contribution in [3.8, 4) is 5.75 Å². The standard InChI is InChI=1S/C23H29N3O5/c1-15(2)12-20(26-23(30)31-14-17-6-4-3-5-7-17)22(29)25-19(21(24)28)13-16-8-10-18(27)11-9-16/h3-11,15,19-20,27H,12-14H2,1-2H3,(H2,24,28)(H,25,29)(H,26,30)/t19-,20?/m0/s1. The molecule has 0 spiro atoms. The summed E-state index contributed by atoms with van der Waals surface area (Å²) in [6.07, 6.45) is -0.204. The van der Waals surface area contributed by atoms with Crippen LogP contribution in [0.25, 0.3) is 0 Å². The molecule has 8 nitrogen and oxygen atoms in total. The van der Waals surface area contributed by atoms with E-state index < -0.39 is 30.0 Å². The van der Waals surface area contributed by atoms with Gasteiger partial charge in [-0.25, -0.2) is 4.79 Å². The first-order valence-electron chi connectivity index (χ1n) is 10.1. The van der Waals surface area contributed by atoms with E-state index in [1.165, 1.54) is 12.1 Å². The van der Waals surface area contributed by atoms with E-state index in [4.69, 9.17) is 10.5 Å². The van der Waals surface area contributed by atoms with Crippen molar-refractivity contribution < 1.29 is 24.2 Å². The van der Waals surface area contributed by atoms with Gasteiger partial charge in [-0.3, -0.25) is 9.59 Å². The van der Waals surface area contributed by atoms with Gasteiger partial charge >= 0.3 is 6.09 Å². The molecule has 0 aliphatic rings. The lowest BCUT2D eigenvalue weighted by Gasteiger charge is -2.23. The van der Waals surface area contributed by atoms with Crippen LogP contribution < -0.4 is 16.4 Å². The van der Waals surface area contributed by atoms with E-state index in [2.05, 4.69) is 10.6 Å². The van der Waals surface area contributed by atoms with Gasteiger partial charge in [0.2, 0.25) is 11.8 Å². The van der Waals surface area contributed by atoms with Crippen LogP contribution in [0.4, 0.5) is 4.79 Å². The Morgan fingerprint density at radius 3 is 2.16 bits per heavy atom. The summed E-state index contributed by atoms with van der Waals surface area (Å²) in [4.78, 5) is 36.9. The minimum Gasteiger partial charge on any atom is -0.508 e. The molecule has 5 N–H and O–H groups in total. The summed E-state index contributed by atoms with van der Waals surface area (Å²) in [5.74, 6) is -1.02. The number of phenolic OH excluding ortho intramolecular Hbond substituents is 1. The number of alkyl carbamates (subject to hydrolysis) is 1. The number of carbonyl (C=O) groups excluding carboxylic acids is 3. The smallest absolute Gasteiger partial charge is 0.408 e. The number of phenols is 1. The van der Waals surface area contributed by atoms with Crippen LogP contribution in [-0.2, 0) is 27.4 Å². The molecular formula is C23H29N3O5. The number of benzene rings is 2. The van der Waals surface area contributed by atoms with Crippen LogP contribution in [0.15, 0.2) is 54.6 Å². The van der Waals surface area contributed by atoms with Crippen LogP contribution in [0.3, 0.4) is 0 Å². The lowest BCUT2D eigenvalue weighted by Crippen LogP contribution is -2.54. The summed E-state index contributed by atoms with van der Waals surface area (Å²) in [5.41, 5.74) is 7.01. The first-order chi connectivity index (χ1) is 14.7. The van der Waals surface area contributed by atoms with Gasteiger partial charge in [0, 0.05) is 6.42 Å². The zero-order valence-corrected chi connectivity index (χ0v) is 17.7. The van der Waals surface area contributed by atoms with Crippen LogP contribution in [0.5, 0.6) is 5.75 Å². The molecule has 0 aliphatic carbocycles. The molecule has 31 heavy (non-hydrogen) atoms. The SMILES string of the molecule is CC(C)CC(NC(=O)OCc1ccccc1)C(=O)N[C@@H](Cc1ccc(O)cc1)C(N)=O. The molecular weight excluding hydrogens is 398 g/mol. The van der Waals surface area contributed by atoms with Gasteiger partial charge in [-0.15, -0.1) is 0 Å². The number of nitrogens with two attached hydrogens (primary N) is 1. The lowest BCUT2D eigenvalue weighted by atomic mass is 10.0. The highest BCUT2D eigenvalue weighted by atomic mass is 16.5. The Kier molecular flexibility index (Phi) is 8.87. The maximum absolute atomic E-state index is 12.8. The highest BCUT2D eigenvalue weighted by Crippen LogP contribution is 2.12. The molecule has 0 saturated heterocycles. The predicted octanol–water partition coefficient (Wildman–Crippen LogP) is 2.25. The molecule has 0 bridgehead atoms. The molecule has 2 atom stereocenters. The Labute approximate surface area is 181 Å². The molecule has 1 unspecified atom stereocenters. The zero-order chi connectivity index (χ0) is 22.8. The molecule has 0 radical (unpaired) electrons. The van der Waals surface area contributed by atoms with Crippen LogP contribution in [0, 0.1) is 5.92 Å². The normalized spacial score (nSPS) is 12.6. The van der Waals surface area contributed by atoms with Crippen molar-refractivity contribution in [1.29, 1.82) is 0 Å². The monoisotopic (exact) mass is 427 g/mol. The van der Waals surface area contributed by atoms with Gasteiger partial charge in [-0.1, -0.05) is 56.3 Å². The number of nitrogens with one attached hydrogen (secondary N) is 2. The van der Waals surface area contributed by atoms with Gasteiger partial charge in [0.1, 0.15) is 24.4 Å². The first-order valence-corrected chi connectivity index (χ1v) is 10.1. The first kappa shape index (κ1) is 23.7. The molecule has 0 aliphatic heterocycles. The van der Waals surface area contributed by atoms with Gasteiger partial charge in [-0.05, 0) is 35.6 Å². The Morgan fingerprint density at radius 1 is 0.935 bits per heavy atom. The van der Waals surface area contributed by atoms with E-state index in [0.717, 1.165) is 11.1 Å². The molecule has 166 valence electrons. The highest BCUT2D eigenvalue weighted by Gasteiger charge is 2.27. The minimum absolute atomic E-state index is 0.0768. The molecule has 0 fully saturated rings. The number of aromatic hydroxyl groups is 1. The summed E-state index contributed by atoms with van der Waals surface area (Å²) in [6.45, 7) is 3.91. The number of hydrogen-bond donors (Lipinski definition) is 4. The van der Waals surface area contributed by atoms with Crippen LogP contribution in [-0.4, -0.2) is 35.1 Å². The average molecular weight is 428 g/mol. The van der Waals surface area contributed by atoms with Gasteiger partial charge in [0.15, 0.2) is 0 Å². The Hall–Kier alpha value is -3.55. The van der Waals surface area contributed by atoms with E-state index in [-0.39, 0.29) is 24.7 Å². The van der Waals surface area contributed by atoms with Crippen molar-refractivity contribution in [2.24, 2.45) is 11.7 Å². The van der Waals surface area contributed by atoms with Crippen molar-refractivity contribution in [2.75, 3.05) is 0 Å². The quantitative estimate of drug-likeness (QED) is 0.462. The van der Waals surface area contributed by atoms with Gasteiger partial charge in [0.05, 0.1) is 0 Å². The maximum Gasteiger partial charge on any atom is 0.408 e. The van der Waals surface area contributed by atoms with Crippen LogP contribution >= 0.6 is 0 Å². The Morgan fingerprint density at radius 2 is 1.58 bits per heavy atom. The summed E-state index contributed by atoms with van der Waals surface area (Å²) in [5, 5.41) is 14.6. The fourth-order valence-corrected chi connectivity index (χ4v) is 2.97. The highest BCUT2D eigenvalue weighted by molar-refractivity contribution is 5.90. The second kappa shape index (κ2) is 11.6. The van der Waals surface area contributed by atoms with Crippen molar-refractivity contribution in [1.82, 2.24) is 10.6 Å². The summed E-state index contributed by atoms with van der Waals surface area (Å²) >= 11 is 0. The fraction of sp³-hybridized carbons (Fsp3) is 0.348. The largest absolute Gasteiger partial charge is 0.508 e. The average Bonchev–Trinajstić information content (AvgIpc) is 2.73. The number of hydrogen-bond acceptors (Lipinski definition) is 5. The molecule has 0 heterocycles. The predicted molar refractivity (Wildman–Crippen MR) is 116 cm³/mol. The third-order valence-corrected chi connectivity index (χ3v) is 4.56. The molecule has 2 aromatic carbocycles. The van der Waals surface area contributed by atoms with E-state index in [9.17, 15) is 19.5 Å². The number of ether oxygens (including phenoxy) is 1. The zero-order valence-electron chi connectivity index (χ0n) is 17.7. The number of rotatable bonds is 10. The van der Waals surface area contributed by atoms with Crippen LogP contribution in [0.2, 0.25) is 0 Å². The second-order valence-corrected chi connectivity index (χ2v) is 7.72. The Bertz CT molecular complexity index is 869.